The standard InChI is InChI=1S/C22H18IN2O2S/c1-14-6-11-19-20(12-14)28-22(24-19)25-21(26)15-7-9-16(10-8-15)23-17-4-3-5-18(13-17)27-2/h3-13H,1-2H3,(H,24,25,26)/q-1. The molecule has 0 fully saturated rings. The van der Waals surface area contributed by atoms with Crippen LogP contribution in [-0.2, 0) is 0 Å². The summed E-state index contributed by atoms with van der Waals surface area (Å²) in [6.07, 6.45) is 0. The van der Waals surface area contributed by atoms with Gasteiger partial charge in [-0.25, -0.2) is 0 Å². The second-order valence-electron chi connectivity index (χ2n) is 6.21. The maximum absolute atomic E-state index is 12.6. The monoisotopic (exact) mass is 501 g/mol. The van der Waals surface area contributed by atoms with E-state index in [-0.39, 0.29) is 27.1 Å². The Kier molecular flexibility index (Phi) is 5.59. The Morgan fingerprint density at radius 2 is 1.86 bits per heavy atom. The third kappa shape index (κ3) is 4.34. The van der Waals surface area contributed by atoms with Gasteiger partial charge in [0.25, 0.3) is 0 Å². The van der Waals surface area contributed by atoms with Crippen molar-refractivity contribution in [2.24, 2.45) is 0 Å². The van der Waals surface area contributed by atoms with Gasteiger partial charge in [-0.15, -0.1) is 0 Å². The number of fused-ring (bicyclic) bond motifs is 1. The van der Waals surface area contributed by atoms with Crippen molar-refractivity contribution >= 4 is 32.6 Å². The first-order valence-corrected chi connectivity index (χ1v) is 11.7. The topological polar surface area (TPSA) is 51.2 Å². The number of anilines is 1. The first kappa shape index (κ1) is 18.9. The summed E-state index contributed by atoms with van der Waals surface area (Å²) < 4.78 is 8.89. The molecule has 1 aromatic heterocycles. The number of amides is 1. The van der Waals surface area contributed by atoms with Crippen LogP contribution in [0.5, 0.6) is 5.75 Å². The molecule has 1 amide bonds. The van der Waals surface area contributed by atoms with Crippen LogP contribution in [0.3, 0.4) is 0 Å². The second-order valence-corrected chi connectivity index (χ2v) is 10.3. The number of ether oxygens (including phenoxy) is 1. The van der Waals surface area contributed by atoms with Crippen molar-refractivity contribution in [2.45, 2.75) is 6.92 Å². The van der Waals surface area contributed by atoms with Gasteiger partial charge in [0.1, 0.15) is 0 Å². The van der Waals surface area contributed by atoms with Gasteiger partial charge >= 0.3 is 178 Å². The summed E-state index contributed by atoms with van der Waals surface area (Å²) in [7, 11) is 1.68. The number of hydrogen-bond acceptors (Lipinski definition) is 4. The Bertz CT molecular complexity index is 1140. The summed E-state index contributed by atoms with van der Waals surface area (Å²) in [5, 5.41) is 3.54. The Morgan fingerprint density at radius 1 is 1.04 bits per heavy atom. The number of nitrogens with zero attached hydrogens (tertiary/aromatic N) is 1. The van der Waals surface area contributed by atoms with Crippen molar-refractivity contribution in [3.63, 3.8) is 0 Å². The summed E-state index contributed by atoms with van der Waals surface area (Å²) in [4.78, 5) is 17.0. The fourth-order valence-electron chi connectivity index (χ4n) is 2.70. The normalized spacial score (nSPS) is 10.9. The zero-order valence-electron chi connectivity index (χ0n) is 15.4. The van der Waals surface area contributed by atoms with Gasteiger partial charge in [0.05, 0.1) is 0 Å². The Hall–Kier alpha value is -2.45. The van der Waals surface area contributed by atoms with Crippen LogP contribution in [0.1, 0.15) is 15.9 Å². The summed E-state index contributed by atoms with van der Waals surface area (Å²) in [6.45, 7) is 2.05. The van der Waals surface area contributed by atoms with Gasteiger partial charge in [-0.05, 0) is 0 Å². The van der Waals surface area contributed by atoms with Gasteiger partial charge in [-0.3, -0.25) is 0 Å². The molecule has 0 radical (unpaired) electrons. The van der Waals surface area contributed by atoms with E-state index in [0.717, 1.165) is 16.0 Å². The molecule has 0 unspecified atom stereocenters. The van der Waals surface area contributed by atoms with Crippen LogP contribution < -0.4 is 31.3 Å². The Labute approximate surface area is 177 Å². The van der Waals surface area contributed by atoms with Crippen molar-refractivity contribution < 1.29 is 30.7 Å². The number of benzene rings is 3. The Balaban J connectivity index is 1.45. The van der Waals surface area contributed by atoms with Crippen LogP contribution in [0, 0.1) is 14.1 Å². The average molecular weight is 501 g/mol. The third-order valence-electron chi connectivity index (χ3n) is 4.12. The predicted molar refractivity (Wildman–Crippen MR) is 109 cm³/mol. The van der Waals surface area contributed by atoms with E-state index in [0.29, 0.717) is 10.7 Å². The van der Waals surface area contributed by atoms with E-state index in [2.05, 4.69) is 28.5 Å². The van der Waals surface area contributed by atoms with Crippen molar-refractivity contribution in [3.8, 4) is 5.75 Å². The molecule has 0 saturated carbocycles. The summed E-state index contributed by atoms with van der Waals surface area (Å²) in [5.41, 5.74) is 2.72. The minimum atomic E-state index is -0.315. The average Bonchev–Trinajstić information content (AvgIpc) is 3.10. The molecule has 0 saturated heterocycles. The molecule has 0 aliphatic heterocycles. The molecule has 28 heavy (non-hydrogen) atoms. The van der Waals surface area contributed by atoms with E-state index in [1.807, 2.05) is 55.5 Å². The van der Waals surface area contributed by atoms with E-state index in [9.17, 15) is 4.79 Å². The number of methoxy groups -OCH3 is 1. The first-order chi connectivity index (χ1) is 13.6. The summed E-state index contributed by atoms with van der Waals surface area (Å²) >= 11 is 1.18. The summed E-state index contributed by atoms with van der Waals surface area (Å²) in [5.74, 6) is 0.737. The van der Waals surface area contributed by atoms with Gasteiger partial charge in [-0.1, -0.05) is 0 Å². The molecule has 4 aromatic rings. The van der Waals surface area contributed by atoms with E-state index >= 15 is 0 Å². The maximum atomic E-state index is 12.6. The molecule has 4 rings (SSSR count). The predicted octanol–water partition coefficient (Wildman–Crippen LogP) is 1.99. The number of aryl methyl sites for hydroxylation is 1. The van der Waals surface area contributed by atoms with Crippen LogP contribution in [0.25, 0.3) is 10.2 Å². The molecule has 3 aromatic carbocycles. The van der Waals surface area contributed by atoms with Gasteiger partial charge < -0.3 is 0 Å². The molecule has 142 valence electrons. The zero-order chi connectivity index (χ0) is 19.5. The molecule has 0 aliphatic rings. The molecule has 1 N–H and O–H groups in total. The number of rotatable bonds is 5. The van der Waals surface area contributed by atoms with E-state index in [4.69, 9.17) is 4.74 Å². The van der Waals surface area contributed by atoms with Crippen LogP contribution in [0.4, 0.5) is 5.13 Å². The minimum absolute atomic E-state index is 0.137. The second kappa shape index (κ2) is 8.28. The number of nitrogens with one attached hydrogen (secondary N) is 1. The van der Waals surface area contributed by atoms with Crippen LogP contribution in [0.2, 0.25) is 0 Å². The molecule has 0 atom stereocenters. The zero-order valence-corrected chi connectivity index (χ0v) is 18.4. The third-order valence-corrected chi connectivity index (χ3v) is 7.69. The quantitative estimate of drug-likeness (QED) is 0.426. The van der Waals surface area contributed by atoms with Crippen molar-refractivity contribution in [1.29, 1.82) is 0 Å². The van der Waals surface area contributed by atoms with Gasteiger partial charge in [0, 0.05) is 0 Å². The first-order valence-electron chi connectivity index (χ1n) is 8.68. The van der Waals surface area contributed by atoms with E-state index < -0.39 is 0 Å². The molecule has 0 bridgehead atoms. The Morgan fingerprint density at radius 3 is 2.64 bits per heavy atom. The number of halogens is 1. The fourth-order valence-corrected chi connectivity index (χ4v) is 5.95. The van der Waals surface area contributed by atoms with Crippen LogP contribution in [0.15, 0.2) is 66.7 Å². The molecule has 0 spiro atoms. The number of aromatic nitrogens is 1. The van der Waals surface area contributed by atoms with E-state index in [1.165, 1.54) is 24.0 Å². The fraction of sp³-hybridized carbons (Fsp3) is 0.0909. The van der Waals surface area contributed by atoms with Crippen molar-refractivity contribution in [1.82, 2.24) is 4.98 Å². The molecule has 0 aliphatic carbocycles. The number of carbonyl (C=O) groups excluding carboxylic acids is 1. The molecular weight excluding hydrogens is 483 g/mol. The van der Waals surface area contributed by atoms with Gasteiger partial charge in [0.15, 0.2) is 0 Å². The molecule has 4 nitrogen and oxygen atoms in total. The molecule has 6 heteroatoms. The number of thiazole rings is 1. The molecular formula is C22H18IN2O2S-. The van der Waals surface area contributed by atoms with E-state index in [1.54, 1.807) is 7.11 Å². The van der Waals surface area contributed by atoms with Crippen LogP contribution >= 0.6 is 11.3 Å². The van der Waals surface area contributed by atoms with Gasteiger partial charge in [-0.2, -0.15) is 0 Å². The van der Waals surface area contributed by atoms with Crippen molar-refractivity contribution in [2.75, 3.05) is 12.4 Å². The molecule has 1 heterocycles. The van der Waals surface area contributed by atoms with Crippen molar-refractivity contribution in [3.05, 3.63) is 85.0 Å². The SMILES string of the molecule is COc1cccc([I-]c2ccc(C(=O)Nc3nc4ccc(C)cc4s3)cc2)c1. The van der Waals surface area contributed by atoms with Crippen LogP contribution in [-0.4, -0.2) is 18.0 Å². The summed E-state index contributed by atoms with van der Waals surface area (Å²) in [6, 6.07) is 22.1. The number of carbonyl (C=O) groups is 1. The van der Waals surface area contributed by atoms with Gasteiger partial charge in [0.2, 0.25) is 0 Å². The number of hydrogen-bond donors (Lipinski definition) is 1.